The summed E-state index contributed by atoms with van der Waals surface area (Å²) in [7, 11) is 0. The number of hydrogen-bond donors (Lipinski definition) is 0. The van der Waals surface area contributed by atoms with E-state index in [0.29, 0.717) is 17.3 Å². The van der Waals surface area contributed by atoms with Crippen molar-refractivity contribution in [3.63, 3.8) is 0 Å². The van der Waals surface area contributed by atoms with E-state index in [4.69, 9.17) is 27.6 Å². The number of anilines is 1. The molecule has 3 aromatic rings. The maximum Gasteiger partial charge on any atom is 0.421 e. The Hall–Kier alpha value is -1.95. The van der Waals surface area contributed by atoms with Crippen molar-refractivity contribution in [1.82, 2.24) is 9.47 Å². The summed E-state index contributed by atoms with van der Waals surface area (Å²) in [6.45, 7) is 6.10. The number of rotatable bonds is 3. The van der Waals surface area contributed by atoms with Crippen molar-refractivity contribution in [1.29, 1.82) is 0 Å². The van der Waals surface area contributed by atoms with Gasteiger partial charge in [-0.25, -0.2) is 4.79 Å². The fourth-order valence-electron chi connectivity index (χ4n) is 3.43. The number of oxazole rings is 1. The lowest BCUT2D eigenvalue weighted by atomic mass is 10.1. The molecule has 0 aliphatic carbocycles. The van der Waals surface area contributed by atoms with E-state index in [9.17, 15) is 4.79 Å². The summed E-state index contributed by atoms with van der Waals surface area (Å²) < 4.78 is 6.97. The molecule has 1 saturated heterocycles. The molecule has 7 heteroatoms. The minimum Gasteiger partial charge on any atom is -0.408 e. The van der Waals surface area contributed by atoms with Gasteiger partial charge in [-0.3, -0.25) is 9.47 Å². The molecular weight excluding hydrogens is 373 g/mol. The number of aromatic nitrogens is 1. The second kappa shape index (κ2) is 6.99. The third-order valence-corrected chi connectivity index (χ3v) is 5.33. The van der Waals surface area contributed by atoms with Gasteiger partial charge in [0.2, 0.25) is 0 Å². The van der Waals surface area contributed by atoms with Crippen LogP contribution in [0.15, 0.2) is 45.6 Å². The first-order valence-corrected chi connectivity index (χ1v) is 9.29. The molecule has 136 valence electrons. The lowest BCUT2D eigenvalue weighted by Crippen LogP contribution is -2.47. The highest BCUT2D eigenvalue weighted by Gasteiger charge is 2.20. The van der Waals surface area contributed by atoms with Crippen LogP contribution in [-0.2, 0) is 6.67 Å². The zero-order valence-electron chi connectivity index (χ0n) is 14.4. The minimum absolute atomic E-state index is 0.351. The first-order chi connectivity index (χ1) is 12.5. The van der Waals surface area contributed by atoms with Gasteiger partial charge in [-0.2, -0.15) is 0 Å². The van der Waals surface area contributed by atoms with E-state index >= 15 is 0 Å². The number of benzene rings is 2. The molecule has 0 bridgehead atoms. The number of aryl methyl sites for hydroxylation is 1. The van der Waals surface area contributed by atoms with E-state index in [0.717, 1.165) is 36.7 Å². The van der Waals surface area contributed by atoms with E-state index in [1.54, 1.807) is 16.7 Å². The summed E-state index contributed by atoms with van der Waals surface area (Å²) in [5.41, 5.74) is 3.69. The normalized spacial score (nSPS) is 15.7. The van der Waals surface area contributed by atoms with E-state index < -0.39 is 0 Å². The molecule has 1 aromatic heterocycles. The van der Waals surface area contributed by atoms with Crippen LogP contribution >= 0.6 is 23.2 Å². The second-order valence-electron chi connectivity index (χ2n) is 6.59. The summed E-state index contributed by atoms with van der Waals surface area (Å²) in [4.78, 5) is 16.8. The molecule has 1 aliphatic heterocycles. The average molecular weight is 392 g/mol. The molecule has 0 radical (unpaired) electrons. The van der Waals surface area contributed by atoms with Crippen LogP contribution in [0.3, 0.4) is 0 Å². The molecule has 1 fully saturated rings. The molecule has 4 rings (SSSR count). The van der Waals surface area contributed by atoms with E-state index in [-0.39, 0.29) is 5.76 Å². The largest absolute Gasteiger partial charge is 0.421 e. The molecule has 0 saturated carbocycles. The molecule has 0 spiro atoms. The molecule has 2 heterocycles. The number of piperazine rings is 1. The third-order valence-electron chi connectivity index (χ3n) is 4.86. The highest BCUT2D eigenvalue weighted by Crippen LogP contribution is 2.25. The van der Waals surface area contributed by atoms with Crippen molar-refractivity contribution in [3.05, 3.63) is 62.6 Å². The first-order valence-electron chi connectivity index (χ1n) is 8.53. The molecule has 0 unspecified atom stereocenters. The van der Waals surface area contributed by atoms with E-state index in [2.05, 4.69) is 16.7 Å². The zero-order chi connectivity index (χ0) is 18.3. The highest BCUT2D eigenvalue weighted by atomic mass is 35.5. The third kappa shape index (κ3) is 3.34. The Balaban J connectivity index is 1.48. The van der Waals surface area contributed by atoms with Crippen LogP contribution in [0.2, 0.25) is 10.0 Å². The Kier molecular flexibility index (Phi) is 4.69. The molecule has 1 aliphatic rings. The molecular formula is C19H19Cl2N3O2. The fraction of sp³-hybridized carbons (Fsp3) is 0.316. The van der Waals surface area contributed by atoms with Gasteiger partial charge < -0.3 is 9.32 Å². The van der Waals surface area contributed by atoms with Crippen molar-refractivity contribution in [2.24, 2.45) is 0 Å². The number of hydrogen-bond acceptors (Lipinski definition) is 4. The highest BCUT2D eigenvalue weighted by molar-refractivity contribution is 6.31. The van der Waals surface area contributed by atoms with Gasteiger partial charge in [0.1, 0.15) is 0 Å². The van der Waals surface area contributed by atoms with Crippen LogP contribution < -0.4 is 10.7 Å². The van der Waals surface area contributed by atoms with Gasteiger partial charge >= 0.3 is 5.76 Å². The van der Waals surface area contributed by atoms with Gasteiger partial charge in [0.05, 0.1) is 12.2 Å². The number of halogens is 2. The van der Waals surface area contributed by atoms with Gasteiger partial charge in [-0.05, 0) is 36.8 Å². The SMILES string of the molecule is Cc1ccc(Cl)cc1N1CCN(Cn2c(=O)oc3cc(Cl)ccc32)CC1. The van der Waals surface area contributed by atoms with Crippen molar-refractivity contribution in [2.75, 3.05) is 31.1 Å². The van der Waals surface area contributed by atoms with E-state index in [1.165, 1.54) is 11.3 Å². The topological polar surface area (TPSA) is 41.6 Å². The van der Waals surface area contributed by atoms with Gasteiger partial charge in [0.15, 0.2) is 5.58 Å². The quantitative estimate of drug-likeness (QED) is 0.676. The maximum absolute atomic E-state index is 12.2. The summed E-state index contributed by atoms with van der Waals surface area (Å²) in [5.74, 6) is -0.351. The predicted molar refractivity (Wildman–Crippen MR) is 105 cm³/mol. The smallest absolute Gasteiger partial charge is 0.408 e. The van der Waals surface area contributed by atoms with Crippen LogP contribution in [0.5, 0.6) is 0 Å². The molecule has 0 amide bonds. The van der Waals surface area contributed by atoms with Crippen molar-refractivity contribution < 1.29 is 4.42 Å². The Bertz CT molecular complexity index is 1000. The number of nitrogens with zero attached hydrogens (tertiary/aromatic N) is 3. The average Bonchev–Trinajstić information content (AvgIpc) is 2.92. The Morgan fingerprint density at radius 3 is 2.46 bits per heavy atom. The van der Waals surface area contributed by atoms with Gasteiger partial charge in [-0.1, -0.05) is 29.3 Å². The van der Waals surface area contributed by atoms with Crippen LogP contribution in [0, 0.1) is 6.92 Å². The molecule has 0 N–H and O–H groups in total. The van der Waals surface area contributed by atoms with Gasteiger partial charge in [0, 0.05) is 48.0 Å². The molecule has 0 atom stereocenters. The summed E-state index contributed by atoms with van der Waals surface area (Å²) in [6, 6.07) is 11.3. The molecule has 26 heavy (non-hydrogen) atoms. The predicted octanol–water partition coefficient (Wildman–Crippen LogP) is 3.99. The molecule has 2 aromatic carbocycles. The van der Waals surface area contributed by atoms with Crippen molar-refractivity contribution in [3.8, 4) is 0 Å². The van der Waals surface area contributed by atoms with Crippen molar-refractivity contribution in [2.45, 2.75) is 13.6 Å². The lowest BCUT2D eigenvalue weighted by molar-refractivity contribution is 0.202. The summed E-state index contributed by atoms with van der Waals surface area (Å²) in [5, 5.41) is 1.31. The van der Waals surface area contributed by atoms with E-state index in [1.807, 2.05) is 24.3 Å². The lowest BCUT2D eigenvalue weighted by Gasteiger charge is -2.36. The van der Waals surface area contributed by atoms with Crippen LogP contribution in [0.4, 0.5) is 5.69 Å². The molecule has 5 nitrogen and oxygen atoms in total. The Morgan fingerprint density at radius 2 is 1.69 bits per heavy atom. The van der Waals surface area contributed by atoms with Crippen molar-refractivity contribution >= 4 is 40.0 Å². The monoisotopic (exact) mass is 391 g/mol. The van der Waals surface area contributed by atoms with Crippen LogP contribution in [0.25, 0.3) is 11.1 Å². The standard InChI is InChI=1S/C19H19Cl2N3O2/c1-13-2-3-14(20)10-17(13)23-8-6-22(7-9-23)12-24-16-5-4-15(21)11-18(16)26-19(24)25/h2-5,10-11H,6-9,12H2,1H3. The van der Waals surface area contributed by atoms with Gasteiger partial charge in [-0.15, -0.1) is 0 Å². The fourth-order valence-corrected chi connectivity index (χ4v) is 3.76. The first kappa shape index (κ1) is 17.5. The minimum atomic E-state index is -0.351. The summed E-state index contributed by atoms with van der Waals surface area (Å²) in [6.07, 6.45) is 0. The second-order valence-corrected chi connectivity index (χ2v) is 7.46. The Labute approximate surface area is 161 Å². The zero-order valence-corrected chi connectivity index (χ0v) is 15.9. The van der Waals surface area contributed by atoms with Crippen LogP contribution in [-0.4, -0.2) is 35.6 Å². The maximum atomic E-state index is 12.2. The number of fused-ring (bicyclic) bond motifs is 1. The summed E-state index contributed by atoms with van der Waals surface area (Å²) >= 11 is 12.1. The Morgan fingerprint density at radius 1 is 1.00 bits per heavy atom. The van der Waals surface area contributed by atoms with Gasteiger partial charge in [0.25, 0.3) is 0 Å². The van der Waals surface area contributed by atoms with Crippen LogP contribution in [0.1, 0.15) is 5.56 Å².